The van der Waals surface area contributed by atoms with Crippen molar-refractivity contribution in [1.29, 1.82) is 0 Å². The molecule has 2 N–H and O–H groups in total. The van der Waals surface area contributed by atoms with E-state index in [9.17, 15) is 4.79 Å². The molecule has 0 bridgehead atoms. The molecule has 2 aliphatic rings. The number of nitrogens with one attached hydrogen (secondary N) is 2. The first-order valence-corrected chi connectivity index (χ1v) is 7.02. The lowest BCUT2D eigenvalue weighted by molar-refractivity contribution is -0.123. The van der Waals surface area contributed by atoms with Gasteiger partial charge in [-0.25, -0.2) is 0 Å². The number of amides is 1. The predicted molar refractivity (Wildman–Crippen MR) is 80.0 cm³/mol. The van der Waals surface area contributed by atoms with E-state index in [0.29, 0.717) is 6.54 Å². The fourth-order valence-corrected chi connectivity index (χ4v) is 2.78. The highest BCUT2D eigenvalue weighted by molar-refractivity contribution is 5.85. The topological polar surface area (TPSA) is 50.4 Å². The van der Waals surface area contributed by atoms with E-state index < -0.39 is 0 Å². The van der Waals surface area contributed by atoms with E-state index in [1.807, 2.05) is 12.1 Å². The molecule has 20 heavy (non-hydrogen) atoms. The van der Waals surface area contributed by atoms with Gasteiger partial charge in [0.1, 0.15) is 0 Å². The number of ether oxygens (including phenoxy) is 1. The summed E-state index contributed by atoms with van der Waals surface area (Å²) in [6, 6.07) is 8.18. The van der Waals surface area contributed by atoms with Gasteiger partial charge in [-0.15, -0.1) is 12.4 Å². The molecule has 1 aromatic carbocycles. The average Bonchev–Trinajstić information content (AvgIpc) is 2.97. The fourth-order valence-electron chi connectivity index (χ4n) is 2.78. The maximum atomic E-state index is 12.1. The molecule has 0 aliphatic carbocycles. The molecule has 1 aromatic rings. The van der Waals surface area contributed by atoms with Crippen molar-refractivity contribution in [2.45, 2.75) is 38.0 Å². The number of halogens is 1. The zero-order chi connectivity index (χ0) is 13.1. The molecule has 3 rings (SSSR count). The van der Waals surface area contributed by atoms with Gasteiger partial charge in [-0.3, -0.25) is 4.79 Å². The molecular formula is C15H21ClN2O2. The smallest absolute Gasteiger partial charge is 0.237 e. The summed E-state index contributed by atoms with van der Waals surface area (Å²) in [7, 11) is 0. The van der Waals surface area contributed by atoms with E-state index in [1.165, 1.54) is 11.1 Å². The molecule has 4 nitrogen and oxygen atoms in total. The van der Waals surface area contributed by atoms with Crippen molar-refractivity contribution in [2.24, 2.45) is 0 Å². The van der Waals surface area contributed by atoms with Gasteiger partial charge in [0.05, 0.1) is 12.1 Å². The van der Waals surface area contributed by atoms with Crippen LogP contribution in [0.15, 0.2) is 24.3 Å². The van der Waals surface area contributed by atoms with Crippen molar-refractivity contribution in [1.82, 2.24) is 10.6 Å². The lowest BCUT2D eigenvalue weighted by Gasteiger charge is -2.25. The Bertz CT molecular complexity index is 461. The Morgan fingerprint density at radius 1 is 1.35 bits per heavy atom. The number of hydrogen-bond donors (Lipinski definition) is 2. The van der Waals surface area contributed by atoms with Gasteiger partial charge in [0.15, 0.2) is 0 Å². The van der Waals surface area contributed by atoms with Crippen LogP contribution < -0.4 is 10.6 Å². The van der Waals surface area contributed by atoms with Crippen LogP contribution in [-0.2, 0) is 22.5 Å². The summed E-state index contributed by atoms with van der Waals surface area (Å²) in [4.78, 5) is 12.1. The minimum absolute atomic E-state index is 0. The van der Waals surface area contributed by atoms with Crippen molar-refractivity contribution < 1.29 is 9.53 Å². The Morgan fingerprint density at radius 3 is 2.90 bits per heavy atom. The average molecular weight is 297 g/mol. The van der Waals surface area contributed by atoms with Gasteiger partial charge < -0.3 is 15.4 Å². The number of hydrogen-bond acceptors (Lipinski definition) is 3. The summed E-state index contributed by atoms with van der Waals surface area (Å²) in [5, 5.41) is 6.30. The summed E-state index contributed by atoms with van der Waals surface area (Å²) < 4.78 is 5.51. The van der Waals surface area contributed by atoms with Gasteiger partial charge in [-0.1, -0.05) is 24.3 Å². The van der Waals surface area contributed by atoms with E-state index >= 15 is 0 Å². The largest absolute Gasteiger partial charge is 0.376 e. The number of benzene rings is 1. The zero-order valence-corrected chi connectivity index (χ0v) is 12.2. The zero-order valence-electron chi connectivity index (χ0n) is 11.4. The first-order valence-electron chi connectivity index (χ1n) is 7.02. The highest BCUT2D eigenvalue weighted by atomic mass is 35.5. The van der Waals surface area contributed by atoms with E-state index in [4.69, 9.17) is 4.74 Å². The molecule has 2 atom stereocenters. The summed E-state index contributed by atoms with van der Waals surface area (Å²) in [5.41, 5.74) is 2.57. The van der Waals surface area contributed by atoms with Crippen LogP contribution in [0, 0.1) is 0 Å². The second-order valence-electron chi connectivity index (χ2n) is 5.29. The predicted octanol–water partition coefficient (Wildman–Crippen LogP) is 1.42. The summed E-state index contributed by atoms with van der Waals surface area (Å²) in [6.45, 7) is 2.24. The third-order valence-corrected chi connectivity index (χ3v) is 3.93. The molecule has 1 fully saturated rings. The fraction of sp³-hybridized carbons (Fsp3) is 0.533. The molecule has 0 spiro atoms. The first kappa shape index (κ1) is 15.3. The number of carbonyl (C=O) groups is 1. The highest BCUT2D eigenvalue weighted by Crippen LogP contribution is 2.16. The third kappa shape index (κ3) is 3.51. The van der Waals surface area contributed by atoms with E-state index in [-0.39, 0.29) is 30.5 Å². The SMILES string of the molecule is Cl.O=C(NCC1CCCO1)C1Cc2ccccc2CN1. The second kappa shape index (κ2) is 7.07. The van der Waals surface area contributed by atoms with Crippen LogP contribution in [0.4, 0.5) is 0 Å². The molecule has 0 radical (unpaired) electrons. The van der Waals surface area contributed by atoms with Crippen LogP contribution in [0.3, 0.4) is 0 Å². The lowest BCUT2D eigenvalue weighted by atomic mass is 9.95. The minimum Gasteiger partial charge on any atom is -0.376 e. The Labute approximate surface area is 125 Å². The Kier molecular flexibility index (Phi) is 5.40. The van der Waals surface area contributed by atoms with Gasteiger partial charge in [0, 0.05) is 19.7 Å². The maximum Gasteiger partial charge on any atom is 0.237 e. The van der Waals surface area contributed by atoms with Crippen LogP contribution >= 0.6 is 12.4 Å². The lowest BCUT2D eigenvalue weighted by Crippen LogP contribution is -2.49. The van der Waals surface area contributed by atoms with Gasteiger partial charge in [0.25, 0.3) is 0 Å². The summed E-state index contributed by atoms with van der Waals surface area (Å²) in [6.07, 6.45) is 3.14. The number of rotatable bonds is 3. The van der Waals surface area contributed by atoms with Crippen molar-refractivity contribution >= 4 is 18.3 Å². The van der Waals surface area contributed by atoms with E-state index in [0.717, 1.165) is 32.4 Å². The molecule has 2 aliphatic heterocycles. The molecule has 2 heterocycles. The Balaban J connectivity index is 0.00000147. The molecule has 2 unspecified atom stereocenters. The molecule has 1 amide bonds. The van der Waals surface area contributed by atoms with Crippen LogP contribution in [0.2, 0.25) is 0 Å². The van der Waals surface area contributed by atoms with Gasteiger partial charge in [0.2, 0.25) is 5.91 Å². The molecule has 5 heteroatoms. The summed E-state index contributed by atoms with van der Waals surface area (Å²) >= 11 is 0. The van der Waals surface area contributed by atoms with E-state index in [2.05, 4.69) is 22.8 Å². The highest BCUT2D eigenvalue weighted by Gasteiger charge is 2.24. The summed E-state index contributed by atoms with van der Waals surface area (Å²) in [5.74, 6) is 0.0880. The monoisotopic (exact) mass is 296 g/mol. The maximum absolute atomic E-state index is 12.1. The van der Waals surface area contributed by atoms with Crippen LogP contribution in [-0.4, -0.2) is 31.2 Å². The van der Waals surface area contributed by atoms with Crippen molar-refractivity contribution in [3.63, 3.8) is 0 Å². The standard InChI is InChI=1S/C15H20N2O2.ClH/c18-15(17-10-13-6-3-7-19-13)14-8-11-4-1-2-5-12(11)9-16-14;/h1-2,4-5,13-14,16H,3,6-10H2,(H,17,18);1H. The number of fused-ring (bicyclic) bond motifs is 1. The van der Waals surface area contributed by atoms with Gasteiger partial charge in [-0.05, 0) is 30.4 Å². The molecule has 110 valence electrons. The first-order chi connectivity index (χ1) is 9.33. The normalized spacial score (nSPS) is 24.6. The second-order valence-corrected chi connectivity index (χ2v) is 5.29. The van der Waals surface area contributed by atoms with Crippen LogP contribution in [0.5, 0.6) is 0 Å². The van der Waals surface area contributed by atoms with Gasteiger partial charge in [-0.2, -0.15) is 0 Å². The van der Waals surface area contributed by atoms with Crippen molar-refractivity contribution in [2.75, 3.05) is 13.2 Å². The Morgan fingerprint density at radius 2 is 2.15 bits per heavy atom. The molecule has 1 saturated heterocycles. The van der Waals surface area contributed by atoms with Crippen molar-refractivity contribution in [3.8, 4) is 0 Å². The van der Waals surface area contributed by atoms with Crippen LogP contribution in [0.25, 0.3) is 0 Å². The molecule has 0 saturated carbocycles. The molecular weight excluding hydrogens is 276 g/mol. The Hall–Kier alpha value is -1.10. The number of carbonyl (C=O) groups excluding carboxylic acids is 1. The third-order valence-electron chi connectivity index (χ3n) is 3.93. The van der Waals surface area contributed by atoms with Gasteiger partial charge >= 0.3 is 0 Å². The quantitative estimate of drug-likeness (QED) is 0.887. The minimum atomic E-state index is -0.115. The van der Waals surface area contributed by atoms with E-state index in [1.54, 1.807) is 0 Å². The molecule has 0 aromatic heterocycles. The van der Waals surface area contributed by atoms with Crippen LogP contribution in [0.1, 0.15) is 24.0 Å². The van der Waals surface area contributed by atoms with Crippen molar-refractivity contribution in [3.05, 3.63) is 35.4 Å².